The molecular formula is C21H24N2O5. The summed E-state index contributed by atoms with van der Waals surface area (Å²) in [6.07, 6.45) is 3.83. The Balaban J connectivity index is 1.27. The standard InChI is InChI=1S/C21H24N2O5/c1-2-12-3-7-15(8-4-12)22-16(24)11-28-17(25)10-23-20(26)18-13-5-6-14(9-13)19(18)21(23)27/h3-4,7-8,13-14,18-19H,2,5-6,9-11H2,1H3,(H,22,24)/t13-,14-,18+,19+/m0/s1. The number of esters is 1. The number of carbonyl (C=O) groups excluding carboxylic acids is 4. The molecule has 1 N–H and O–H groups in total. The lowest BCUT2D eigenvalue weighted by Gasteiger charge is -2.19. The first-order valence-corrected chi connectivity index (χ1v) is 9.87. The first-order chi connectivity index (χ1) is 13.5. The van der Waals surface area contributed by atoms with E-state index in [9.17, 15) is 19.2 Å². The third kappa shape index (κ3) is 3.30. The van der Waals surface area contributed by atoms with Crippen LogP contribution in [0.1, 0.15) is 31.7 Å². The molecule has 1 aromatic carbocycles. The molecule has 2 bridgehead atoms. The van der Waals surface area contributed by atoms with Gasteiger partial charge < -0.3 is 10.1 Å². The second-order valence-corrected chi connectivity index (χ2v) is 7.91. The molecule has 2 saturated carbocycles. The van der Waals surface area contributed by atoms with Crippen LogP contribution in [0, 0.1) is 23.7 Å². The summed E-state index contributed by atoms with van der Waals surface area (Å²) in [4.78, 5) is 50.2. The predicted octanol–water partition coefficient (Wildman–Crippen LogP) is 1.76. The largest absolute Gasteiger partial charge is 0.454 e. The number of fused-ring (bicyclic) bond motifs is 5. The van der Waals surface area contributed by atoms with E-state index in [1.54, 1.807) is 12.1 Å². The minimum Gasteiger partial charge on any atom is -0.454 e. The van der Waals surface area contributed by atoms with Crippen LogP contribution in [0.4, 0.5) is 5.69 Å². The number of hydrogen-bond donors (Lipinski definition) is 1. The Morgan fingerprint density at radius 2 is 1.68 bits per heavy atom. The topological polar surface area (TPSA) is 92.8 Å². The average Bonchev–Trinajstić information content (AvgIpc) is 3.37. The molecule has 1 aliphatic heterocycles. The molecule has 2 aliphatic carbocycles. The van der Waals surface area contributed by atoms with Gasteiger partial charge in [-0.3, -0.25) is 24.1 Å². The van der Waals surface area contributed by atoms with Gasteiger partial charge in [0.1, 0.15) is 6.54 Å². The van der Waals surface area contributed by atoms with Crippen LogP contribution in [0.2, 0.25) is 0 Å². The lowest BCUT2D eigenvalue weighted by atomic mass is 9.81. The van der Waals surface area contributed by atoms with Crippen LogP contribution in [0.15, 0.2) is 24.3 Å². The maximum Gasteiger partial charge on any atom is 0.326 e. The number of aryl methyl sites for hydroxylation is 1. The monoisotopic (exact) mass is 384 g/mol. The van der Waals surface area contributed by atoms with Gasteiger partial charge in [0, 0.05) is 5.69 Å². The zero-order chi connectivity index (χ0) is 19.8. The van der Waals surface area contributed by atoms with Crippen LogP contribution in [0.3, 0.4) is 0 Å². The van der Waals surface area contributed by atoms with E-state index in [4.69, 9.17) is 4.74 Å². The van der Waals surface area contributed by atoms with Gasteiger partial charge in [-0.05, 0) is 55.2 Å². The summed E-state index contributed by atoms with van der Waals surface area (Å²) in [5, 5.41) is 2.65. The van der Waals surface area contributed by atoms with E-state index < -0.39 is 25.0 Å². The number of rotatable bonds is 6. The van der Waals surface area contributed by atoms with Crippen LogP contribution in [0.25, 0.3) is 0 Å². The fourth-order valence-electron chi connectivity index (χ4n) is 4.97. The molecule has 4 atom stereocenters. The summed E-state index contributed by atoms with van der Waals surface area (Å²) >= 11 is 0. The SMILES string of the molecule is CCc1ccc(NC(=O)COC(=O)CN2C(=O)[C@@H]3[C@H]4CC[C@@H](C4)[C@H]3C2=O)cc1. The van der Waals surface area contributed by atoms with Crippen molar-refractivity contribution in [3.05, 3.63) is 29.8 Å². The Morgan fingerprint density at radius 1 is 1.07 bits per heavy atom. The molecule has 7 nitrogen and oxygen atoms in total. The lowest BCUT2D eigenvalue weighted by Crippen LogP contribution is -2.38. The fraction of sp³-hybridized carbons (Fsp3) is 0.524. The fourth-order valence-corrected chi connectivity index (χ4v) is 4.97. The molecule has 4 rings (SSSR count). The zero-order valence-electron chi connectivity index (χ0n) is 15.8. The molecule has 0 aromatic heterocycles. The van der Waals surface area contributed by atoms with Crippen LogP contribution >= 0.6 is 0 Å². The summed E-state index contributed by atoms with van der Waals surface area (Å²) in [5.41, 5.74) is 1.77. The van der Waals surface area contributed by atoms with Gasteiger partial charge >= 0.3 is 5.97 Å². The third-order valence-electron chi connectivity index (χ3n) is 6.32. The van der Waals surface area contributed by atoms with Gasteiger partial charge in [-0.1, -0.05) is 19.1 Å². The Labute approximate surface area is 163 Å². The molecule has 148 valence electrons. The number of carbonyl (C=O) groups is 4. The molecule has 0 radical (unpaired) electrons. The van der Waals surface area contributed by atoms with Crippen molar-refractivity contribution in [3.8, 4) is 0 Å². The highest BCUT2D eigenvalue weighted by atomic mass is 16.5. The van der Waals surface area contributed by atoms with E-state index in [2.05, 4.69) is 5.32 Å². The van der Waals surface area contributed by atoms with Gasteiger partial charge in [-0.2, -0.15) is 0 Å². The molecule has 1 aromatic rings. The van der Waals surface area contributed by atoms with Crippen LogP contribution < -0.4 is 5.32 Å². The van der Waals surface area contributed by atoms with Gasteiger partial charge in [0.15, 0.2) is 6.61 Å². The average molecular weight is 384 g/mol. The van der Waals surface area contributed by atoms with Gasteiger partial charge in [0.05, 0.1) is 11.8 Å². The number of nitrogens with zero attached hydrogens (tertiary/aromatic N) is 1. The molecule has 7 heteroatoms. The molecule has 1 heterocycles. The highest BCUT2D eigenvalue weighted by molar-refractivity contribution is 6.07. The van der Waals surface area contributed by atoms with Gasteiger partial charge in [0.25, 0.3) is 5.91 Å². The number of amides is 3. The Bertz CT molecular complexity index is 791. The van der Waals surface area contributed by atoms with Crippen molar-refractivity contribution in [2.24, 2.45) is 23.7 Å². The number of ether oxygens (including phenoxy) is 1. The van der Waals surface area contributed by atoms with Crippen molar-refractivity contribution in [1.82, 2.24) is 4.90 Å². The number of nitrogens with one attached hydrogen (secondary N) is 1. The van der Waals surface area contributed by atoms with E-state index in [1.807, 2.05) is 19.1 Å². The van der Waals surface area contributed by atoms with Crippen LogP contribution in [-0.2, 0) is 30.3 Å². The summed E-state index contributed by atoms with van der Waals surface area (Å²) in [5.74, 6) is -1.67. The lowest BCUT2D eigenvalue weighted by molar-refractivity contribution is -0.154. The number of anilines is 1. The second kappa shape index (κ2) is 7.37. The molecule has 1 saturated heterocycles. The third-order valence-corrected chi connectivity index (χ3v) is 6.32. The quantitative estimate of drug-likeness (QED) is 0.596. The minimum atomic E-state index is -0.745. The van der Waals surface area contributed by atoms with E-state index >= 15 is 0 Å². The molecule has 3 aliphatic rings. The Kier molecular flexibility index (Phi) is 4.91. The van der Waals surface area contributed by atoms with E-state index in [0.29, 0.717) is 5.69 Å². The summed E-state index contributed by atoms with van der Waals surface area (Å²) in [7, 11) is 0. The zero-order valence-corrected chi connectivity index (χ0v) is 15.8. The van der Waals surface area contributed by atoms with E-state index in [0.717, 1.165) is 36.1 Å². The van der Waals surface area contributed by atoms with Crippen molar-refractivity contribution in [1.29, 1.82) is 0 Å². The van der Waals surface area contributed by atoms with Crippen LogP contribution in [-0.4, -0.2) is 41.7 Å². The summed E-state index contributed by atoms with van der Waals surface area (Å²) in [6.45, 7) is 1.17. The van der Waals surface area contributed by atoms with Gasteiger partial charge in [-0.25, -0.2) is 0 Å². The maximum absolute atomic E-state index is 12.6. The van der Waals surface area contributed by atoms with Crippen molar-refractivity contribution < 1.29 is 23.9 Å². The molecule has 0 unspecified atom stereocenters. The normalized spacial score (nSPS) is 27.8. The predicted molar refractivity (Wildman–Crippen MR) is 99.9 cm³/mol. The van der Waals surface area contributed by atoms with E-state index in [-0.39, 0.29) is 35.5 Å². The number of benzene rings is 1. The molecule has 3 fully saturated rings. The second-order valence-electron chi connectivity index (χ2n) is 7.91. The Hall–Kier alpha value is -2.70. The number of likely N-dealkylation sites (tertiary alicyclic amines) is 1. The smallest absolute Gasteiger partial charge is 0.326 e. The summed E-state index contributed by atoms with van der Waals surface area (Å²) in [6, 6.07) is 7.40. The number of hydrogen-bond acceptors (Lipinski definition) is 5. The van der Waals surface area contributed by atoms with Crippen molar-refractivity contribution in [2.45, 2.75) is 32.6 Å². The summed E-state index contributed by atoms with van der Waals surface area (Å²) < 4.78 is 4.97. The van der Waals surface area contributed by atoms with Crippen molar-refractivity contribution in [2.75, 3.05) is 18.5 Å². The minimum absolute atomic E-state index is 0.250. The van der Waals surface area contributed by atoms with Gasteiger partial charge in [-0.15, -0.1) is 0 Å². The van der Waals surface area contributed by atoms with Gasteiger partial charge in [0.2, 0.25) is 11.8 Å². The maximum atomic E-state index is 12.6. The Morgan fingerprint density at radius 3 is 2.25 bits per heavy atom. The van der Waals surface area contributed by atoms with Crippen LogP contribution in [0.5, 0.6) is 0 Å². The highest BCUT2D eigenvalue weighted by Crippen LogP contribution is 2.56. The molecule has 28 heavy (non-hydrogen) atoms. The first-order valence-electron chi connectivity index (χ1n) is 9.87. The molecular weight excluding hydrogens is 360 g/mol. The molecule has 3 amide bonds. The van der Waals surface area contributed by atoms with Crippen molar-refractivity contribution in [3.63, 3.8) is 0 Å². The first kappa shape index (κ1) is 18.7. The molecule has 0 spiro atoms. The van der Waals surface area contributed by atoms with E-state index in [1.165, 1.54) is 0 Å². The number of imide groups is 1. The highest BCUT2D eigenvalue weighted by Gasteiger charge is 2.61. The van der Waals surface area contributed by atoms with Crippen molar-refractivity contribution >= 4 is 29.4 Å².